The van der Waals surface area contributed by atoms with Crippen molar-refractivity contribution in [2.24, 2.45) is 5.92 Å². The molecule has 2 fully saturated rings. The zero-order chi connectivity index (χ0) is 17.1. The molecule has 3 amide bonds. The Bertz CT molecular complexity index is 629. The summed E-state index contributed by atoms with van der Waals surface area (Å²) < 4.78 is 0. The summed E-state index contributed by atoms with van der Waals surface area (Å²) in [6.07, 6.45) is 2.54. The van der Waals surface area contributed by atoms with Crippen LogP contribution in [0.15, 0.2) is 18.2 Å². The number of urea groups is 1. The number of hydrogen-bond acceptors (Lipinski definition) is 4. The number of amides is 3. The lowest BCUT2D eigenvalue weighted by atomic mass is 10.0. The van der Waals surface area contributed by atoms with E-state index >= 15 is 0 Å². The van der Waals surface area contributed by atoms with Crippen LogP contribution in [0.3, 0.4) is 0 Å². The van der Waals surface area contributed by atoms with Crippen LogP contribution in [0.5, 0.6) is 0 Å². The van der Waals surface area contributed by atoms with Crippen molar-refractivity contribution >= 4 is 35.1 Å². The highest BCUT2D eigenvalue weighted by molar-refractivity contribution is 7.99. The summed E-state index contributed by atoms with van der Waals surface area (Å²) in [4.78, 5) is 27.0. The molecule has 0 aromatic heterocycles. The van der Waals surface area contributed by atoms with E-state index in [4.69, 9.17) is 0 Å². The minimum absolute atomic E-state index is 0.190. The van der Waals surface area contributed by atoms with E-state index in [1.165, 1.54) is 36.2 Å². The van der Waals surface area contributed by atoms with Gasteiger partial charge >= 0.3 is 6.03 Å². The molecule has 0 atom stereocenters. The van der Waals surface area contributed by atoms with Gasteiger partial charge < -0.3 is 5.32 Å². The lowest BCUT2D eigenvalue weighted by Gasteiger charge is -2.24. The third-order valence-electron chi connectivity index (χ3n) is 4.91. The maximum absolute atomic E-state index is 12.4. The molecule has 2 saturated heterocycles. The summed E-state index contributed by atoms with van der Waals surface area (Å²) in [6.45, 7) is 5.48. The number of carbonyl (C=O) groups excluding carboxylic acids is 2. The summed E-state index contributed by atoms with van der Waals surface area (Å²) >= 11 is 2.04. The molecule has 1 aromatic carbocycles. The molecule has 3 rings (SSSR count). The summed E-state index contributed by atoms with van der Waals surface area (Å²) in [6, 6.07) is 5.79. The van der Waals surface area contributed by atoms with E-state index in [1.54, 1.807) is 4.90 Å². The Balaban J connectivity index is 1.71. The van der Waals surface area contributed by atoms with Crippen LogP contribution < -0.4 is 10.2 Å². The summed E-state index contributed by atoms with van der Waals surface area (Å²) in [5.41, 5.74) is 3.05. The molecule has 2 aliphatic rings. The largest absolute Gasteiger partial charge is 0.384 e. The van der Waals surface area contributed by atoms with Gasteiger partial charge in [-0.2, -0.15) is 11.8 Å². The number of hydrogen-bond donors (Lipinski definition) is 1. The molecule has 0 bridgehead atoms. The maximum Gasteiger partial charge on any atom is 0.331 e. The Labute approximate surface area is 147 Å². The van der Waals surface area contributed by atoms with E-state index < -0.39 is 0 Å². The van der Waals surface area contributed by atoms with E-state index in [1.807, 2.05) is 30.8 Å². The topological polar surface area (TPSA) is 52.7 Å². The van der Waals surface area contributed by atoms with Crippen molar-refractivity contribution in [2.45, 2.75) is 26.7 Å². The quantitative estimate of drug-likeness (QED) is 0.908. The highest BCUT2D eigenvalue weighted by Gasteiger charge is 2.33. The van der Waals surface area contributed by atoms with Crippen LogP contribution in [0.4, 0.5) is 16.2 Å². The van der Waals surface area contributed by atoms with Gasteiger partial charge in [0.05, 0.1) is 5.69 Å². The number of rotatable bonds is 4. The molecule has 130 valence electrons. The minimum atomic E-state index is -0.216. The van der Waals surface area contributed by atoms with Crippen LogP contribution in [0, 0.1) is 12.8 Å². The molecule has 1 aromatic rings. The van der Waals surface area contributed by atoms with Gasteiger partial charge in [-0.15, -0.1) is 0 Å². The molecular weight excluding hydrogens is 322 g/mol. The Morgan fingerprint density at radius 3 is 2.71 bits per heavy atom. The van der Waals surface area contributed by atoms with Gasteiger partial charge in [0.2, 0.25) is 5.91 Å². The van der Waals surface area contributed by atoms with E-state index in [-0.39, 0.29) is 11.9 Å². The Morgan fingerprint density at radius 2 is 2.04 bits per heavy atom. The average molecular weight is 347 g/mol. The van der Waals surface area contributed by atoms with Crippen molar-refractivity contribution in [1.82, 2.24) is 4.90 Å². The maximum atomic E-state index is 12.4. The second-order valence-corrected chi connectivity index (χ2v) is 7.72. The lowest BCUT2D eigenvalue weighted by molar-refractivity contribution is -0.125. The van der Waals surface area contributed by atoms with E-state index in [0.29, 0.717) is 13.1 Å². The van der Waals surface area contributed by atoms with Crippen LogP contribution in [-0.4, -0.2) is 48.0 Å². The molecule has 0 unspecified atom stereocenters. The first kappa shape index (κ1) is 17.1. The SMILES string of the molecule is CC(=O)N1CCN(c2cccc(NCC3CCSCC3)c2C)C1=O. The van der Waals surface area contributed by atoms with Crippen LogP contribution in [0.25, 0.3) is 0 Å². The third kappa shape index (κ3) is 3.53. The predicted molar refractivity (Wildman–Crippen MR) is 99.8 cm³/mol. The number of benzene rings is 1. The highest BCUT2D eigenvalue weighted by atomic mass is 32.2. The first-order chi connectivity index (χ1) is 11.6. The molecule has 5 nitrogen and oxygen atoms in total. The average Bonchev–Trinajstić information content (AvgIpc) is 2.96. The molecule has 0 spiro atoms. The third-order valence-corrected chi connectivity index (χ3v) is 5.96. The molecule has 6 heteroatoms. The number of nitrogens with one attached hydrogen (secondary N) is 1. The first-order valence-electron chi connectivity index (χ1n) is 8.58. The van der Waals surface area contributed by atoms with Crippen LogP contribution >= 0.6 is 11.8 Å². The molecule has 2 heterocycles. The highest BCUT2D eigenvalue weighted by Crippen LogP contribution is 2.30. The second kappa shape index (κ2) is 7.47. The molecule has 0 radical (unpaired) electrons. The van der Waals surface area contributed by atoms with E-state index in [2.05, 4.69) is 11.4 Å². The zero-order valence-electron chi connectivity index (χ0n) is 14.4. The number of thioether (sulfide) groups is 1. The van der Waals surface area contributed by atoms with Gasteiger partial charge in [-0.25, -0.2) is 4.79 Å². The smallest absolute Gasteiger partial charge is 0.331 e. The van der Waals surface area contributed by atoms with Crippen LogP contribution in [0.1, 0.15) is 25.3 Å². The normalized spacial score (nSPS) is 19.0. The van der Waals surface area contributed by atoms with Crippen LogP contribution in [0.2, 0.25) is 0 Å². The number of imide groups is 1. The van der Waals surface area contributed by atoms with Gasteiger partial charge in [-0.05, 0) is 54.9 Å². The molecule has 24 heavy (non-hydrogen) atoms. The Morgan fingerprint density at radius 1 is 1.29 bits per heavy atom. The fourth-order valence-corrected chi connectivity index (χ4v) is 4.57. The van der Waals surface area contributed by atoms with Gasteiger partial charge in [0, 0.05) is 32.2 Å². The van der Waals surface area contributed by atoms with E-state index in [0.717, 1.165) is 29.4 Å². The Kier molecular flexibility index (Phi) is 5.33. The fraction of sp³-hybridized carbons (Fsp3) is 0.556. The fourth-order valence-electron chi connectivity index (χ4n) is 3.36. The number of anilines is 2. The Hall–Kier alpha value is -1.69. The lowest BCUT2D eigenvalue weighted by Crippen LogP contribution is -2.35. The van der Waals surface area contributed by atoms with Crippen LogP contribution in [-0.2, 0) is 4.79 Å². The zero-order valence-corrected chi connectivity index (χ0v) is 15.2. The second-order valence-electron chi connectivity index (χ2n) is 6.49. The van der Waals surface area contributed by atoms with E-state index in [9.17, 15) is 9.59 Å². The van der Waals surface area contributed by atoms with Gasteiger partial charge in [-0.3, -0.25) is 14.6 Å². The van der Waals surface area contributed by atoms with Crippen molar-refractivity contribution in [3.63, 3.8) is 0 Å². The molecule has 1 N–H and O–H groups in total. The summed E-state index contributed by atoms with van der Waals surface area (Å²) in [5.74, 6) is 3.06. The van der Waals surface area contributed by atoms with Gasteiger partial charge in [-0.1, -0.05) is 6.07 Å². The molecule has 0 aliphatic carbocycles. The number of nitrogens with zero attached hydrogens (tertiary/aromatic N) is 2. The molecular formula is C18H25N3O2S. The van der Waals surface area contributed by atoms with Crippen molar-refractivity contribution < 1.29 is 9.59 Å². The monoisotopic (exact) mass is 347 g/mol. The minimum Gasteiger partial charge on any atom is -0.384 e. The van der Waals surface area contributed by atoms with Gasteiger partial charge in [0.15, 0.2) is 0 Å². The molecule has 0 saturated carbocycles. The summed E-state index contributed by atoms with van der Waals surface area (Å²) in [7, 11) is 0. The van der Waals surface area contributed by atoms with Gasteiger partial charge in [0.1, 0.15) is 0 Å². The molecule has 2 aliphatic heterocycles. The van der Waals surface area contributed by atoms with Crippen molar-refractivity contribution in [3.8, 4) is 0 Å². The van der Waals surface area contributed by atoms with Gasteiger partial charge in [0.25, 0.3) is 0 Å². The standard InChI is InChI=1S/C18H25N3O2S/c1-13-16(19-12-15-6-10-24-11-7-15)4-3-5-17(13)21-9-8-20(14(2)22)18(21)23/h3-5,15,19H,6-12H2,1-2H3. The number of carbonyl (C=O) groups is 2. The first-order valence-corrected chi connectivity index (χ1v) is 9.74. The van der Waals surface area contributed by atoms with Crippen molar-refractivity contribution in [1.29, 1.82) is 0 Å². The van der Waals surface area contributed by atoms with Crippen molar-refractivity contribution in [2.75, 3.05) is 41.4 Å². The van der Waals surface area contributed by atoms with Crippen molar-refractivity contribution in [3.05, 3.63) is 23.8 Å². The summed E-state index contributed by atoms with van der Waals surface area (Å²) in [5, 5.41) is 3.57. The predicted octanol–water partition coefficient (Wildman–Crippen LogP) is 3.34.